The second-order valence-electron chi connectivity index (χ2n) is 9.92. The topological polar surface area (TPSA) is 119 Å². The summed E-state index contributed by atoms with van der Waals surface area (Å²) in [5.74, 6) is 0.443. The van der Waals surface area contributed by atoms with Crippen LogP contribution in [0.25, 0.3) is 11.0 Å². The molecule has 3 atom stereocenters. The maximum Gasteiger partial charge on any atom is 0.271 e. The number of carbonyl (C=O) groups is 1. The fourth-order valence-electron chi connectivity index (χ4n) is 4.66. The largest absolute Gasteiger partial charge is 0.392 e. The molecule has 0 aliphatic carbocycles. The minimum atomic E-state index is -0.556. The number of hydrogen-bond acceptors (Lipinski definition) is 10. The molecule has 1 aliphatic rings. The molecule has 0 unspecified atom stereocenters. The lowest BCUT2D eigenvalue weighted by Gasteiger charge is -2.36. The molecule has 2 aromatic heterocycles. The van der Waals surface area contributed by atoms with Gasteiger partial charge < -0.3 is 19.9 Å². The molecule has 42 heavy (non-hydrogen) atoms. The van der Waals surface area contributed by atoms with Crippen molar-refractivity contribution in [3.8, 4) is 0 Å². The number of benzene rings is 3. The van der Waals surface area contributed by atoms with E-state index >= 15 is 0 Å². The van der Waals surface area contributed by atoms with E-state index in [9.17, 15) is 9.90 Å². The van der Waals surface area contributed by atoms with Gasteiger partial charge in [0.25, 0.3) is 5.91 Å². The van der Waals surface area contributed by atoms with Crippen LogP contribution in [0.3, 0.4) is 0 Å². The predicted molar refractivity (Wildman–Crippen MR) is 161 cm³/mol. The number of fused-ring (bicyclic) bond motifs is 1. The third-order valence-corrected chi connectivity index (χ3v) is 9.01. The van der Waals surface area contributed by atoms with Gasteiger partial charge in [-0.05, 0) is 35.7 Å². The zero-order valence-electron chi connectivity index (χ0n) is 22.8. The zero-order chi connectivity index (χ0) is 28.9. The smallest absolute Gasteiger partial charge is 0.271 e. The van der Waals surface area contributed by atoms with E-state index in [-0.39, 0.29) is 30.4 Å². The summed E-state index contributed by atoms with van der Waals surface area (Å²) in [6.07, 6.45) is 1.40. The van der Waals surface area contributed by atoms with Crippen molar-refractivity contribution in [2.45, 2.75) is 49.3 Å². The van der Waals surface area contributed by atoms with Crippen LogP contribution in [-0.4, -0.2) is 43.0 Å². The second-order valence-corrected chi connectivity index (χ2v) is 12.4. The maximum atomic E-state index is 12.7. The standard InChI is InChI=1S/C31H29N5O4S2/c1-19-35-36-31(42-19)41-18-24-14-28(22-10-8-21(17-37)9-11-22)40-30(39-24)23-12-6-20(7-13-23)15-33-29(38)27-16-32-25-4-2-3-5-26(25)34-27/h2-13,16,24,28,30,37H,14-15,17-18H2,1H3,(H,33,38)/t24-,28+,30+/m0/s1. The van der Waals surface area contributed by atoms with Gasteiger partial charge in [0.05, 0.1) is 36.0 Å². The van der Waals surface area contributed by atoms with Gasteiger partial charge in [0, 0.05) is 24.3 Å². The molecule has 0 spiro atoms. The summed E-state index contributed by atoms with van der Waals surface area (Å²) in [6.45, 7) is 2.29. The van der Waals surface area contributed by atoms with Crippen LogP contribution in [0.15, 0.2) is 83.3 Å². The van der Waals surface area contributed by atoms with Crippen molar-refractivity contribution < 1.29 is 19.4 Å². The Hall–Kier alpha value is -3.74. The van der Waals surface area contributed by atoms with Gasteiger partial charge in [-0.1, -0.05) is 83.8 Å². The second kappa shape index (κ2) is 13.1. The normalized spacial score (nSPS) is 18.7. The number of carbonyl (C=O) groups excluding carboxylic acids is 1. The van der Waals surface area contributed by atoms with Crippen molar-refractivity contribution in [1.82, 2.24) is 25.5 Å². The Bertz CT molecular complexity index is 1660. The number of hydrogen-bond donors (Lipinski definition) is 2. The number of rotatable bonds is 9. The number of aliphatic hydroxyl groups is 1. The van der Waals surface area contributed by atoms with Gasteiger partial charge in [-0.25, -0.2) is 4.98 Å². The molecule has 3 aromatic carbocycles. The van der Waals surface area contributed by atoms with Crippen LogP contribution in [0.2, 0.25) is 0 Å². The van der Waals surface area contributed by atoms with Gasteiger partial charge in [0.1, 0.15) is 10.7 Å². The molecule has 1 amide bonds. The van der Waals surface area contributed by atoms with Crippen molar-refractivity contribution >= 4 is 40.0 Å². The first-order valence-corrected chi connectivity index (χ1v) is 15.4. The van der Waals surface area contributed by atoms with Crippen molar-refractivity contribution in [2.75, 3.05) is 5.75 Å². The summed E-state index contributed by atoms with van der Waals surface area (Å²) in [6, 6.07) is 23.2. The monoisotopic (exact) mass is 599 g/mol. The molecule has 2 N–H and O–H groups in total. The van der Waals surface area contributed by atoms with Crippen LogP contribution in [0, 0.1) is 6.92 Å². The number of ether oxygens (including phenoxy) is 2. The fraction of sp³-hybridized carbons (Fsp3) is 0.258. The molecule has 11 heteroatoms. The first-order valence-electron chi connectivity index (χ1n) is 13.6. The maximum absolute atomic E-state index is 12.7. The molecule has 0 bridgehead atoms. The zero-order valence-corrected chi connectivity index (χ0v) is 24.5. The summed E-state index contributed by atoms with van der Waals surface area (Å²) >= 11 is 3.21. The molecule has 1 aliphatic heterocycles. The summed E-state index contributed by atoms with van der Waals surface area (Å²) in [4.78, 5) is 21.5. The fourth-order valence-corrected chi connectivity index (χ4v) is 6.52. The van der Waals surface area contributed by atoms with Gasteiger partial charge in [0.15, 0.2) is 10.6 Å². The van der Waals surface area contributed by atoms with Crippen molar-refractivity contribution in [2.24, 2.45) is 0 Å². The third-order valence-electron chi connectivity index (χ3n) is 6.90. The highest BCUT2D eigenvalue weighted by Crippen LogP contribution is 2.39. The highest BCUT2D eigenvalue weighted by Gasteiger charge is 2.32. The molecule has 9 nitrogen and oxygen atoms in total. The lowest BCUT2D eigenvalue weighted by Crippen LogP contribution is -2.31. The summed E-state index contributed by atoms with van der Waals surface area (Å²) < 4.78 is 13.8. The molecule has 1 fully saturated rings. The Morgan fingerprint density at radius 1 is 0.976 bits per heavy atom. The Morgan fingerprint density at radius 2 is 1.71 bits per heavy atom. The Balaban J connectivity index is 1.12. The first-order chi connectivity index (χ1) is 20.5. The summed E-state index contributed by atoms with van der Waals surface area (Å²) in [5, 5.41) is 21.6. The Morgan fingerprint density at radius 3 is 2.45 bits per heavy atom. The van der Waals surface area contributed by atoms with Gasteiger partial charge in [-0.2, -0.15) is 0 Å². The number of nitrogens with one attached hydrogen (secondary N) is 1. The summed E-state index contributed by atoms with van der Waals surface area (Å²) in [5.41, 5.74) is 5.43. The van der Waals surface area contributed by atoms with Crippen molar-refractivity contribution in [3.63, 3.8) is 0 Å². The van der Waals surface area contributed by atoms with E-state index in [0.29, 0.717) is 18.5 Å². The van der Waals surface area contributed by atoms with Gasteiger partial charge in [-0.15, -0.1) is 10.2 Å². The predicted octanol–water partition coefficient (Wildman–Crippen LogP) is 5.55. The lowest BCUT2D eigenvalue weighted by molar-refractivity contribution is -0.245. The summed E-state index contributed by atoms with van der Waals surface area (Å²) in [7, 11) is 0. The van der Waals surface area contributed by atoms with Gasteiger partial charge in [-0.3, -0.25) is 9.78 Å². The van der Waals surface area contributed by atoms with Gasteiger partial charge in [0.2, 0.25) is 0 Å². The number of aliphatic hydroxyl groups excluding tert-OH is 1. The van der Waals surface area contributed by atoms with Crippen LogP contribution >= 0.6 is 23.1 Å². The SMILES string of the molecule is Cc1nnc(SC[C@@H]2C[C@H](c3ccc(CO)cc3)O[C@H](c3ccc(CNC(=O)c4cnc5ccccc5n4)cc3)O2)s1. The number of para-hydroxylation sites is 2. The molecule has 3 heterocycles. The quantitative estimate of drug-likeness (QED) is 0.210. The van der Waals surface area contributed by atoms with Crippen LogP contribution in [0.1, 0.15) is 56.6 Å². The molecule has 5 aromatic rings. The average molecular weight is 600 g/mol. The van der Waals surface area contributed by atoms with Crippen molar-refractivity contribution in [1.29, 1.82) is 0 Å². The van der Waals surface area contributed by atoms with E-state index in [1.165, 1.54) is 6.20 Å². The van der Waals surface area contributed by atoms with E-state index in [0.717, 1.165) is 42.9 Å². The van der Waals surface area contributed by atoms with E-state index in [4.69, 9.17) is 9.47 Å². The van der Waals surface area contributed by atoms with Crippen LogP contribution < -0.4 is 5.32 Å². The Labute approximate surface area is 251 Å². The average Bonchev–Trinajstić information content (AvgIpc) is 3.47. The molecular formula is C31H29N5O4S2. The molecule has 6 rings (SSSR count). The van der Waals surface area contributed by atoms with Crippen molar-refractivity contribution in [3.05, 3.63) is 112 Å². The molecule has 0 saturated carbocycles. The molecular weight excluding hydrogens is 571 g/mol. The molecule has 214 valence electrons. The number of amides is 1. The number of thioether (sulfide) groups is 1. The van der Waals surface area contributed by atoms with Gasteiger partial charge >= 0.3 is 0 Å². The van der Waals surface area contributed by atoms with E-state index in [2.05, 4.69) is 25.5 Å². The van der Waals surface area contributed by atoms with E-state index in [1.54, 1.807) is 23.1 Å². The molecule has 0 radical (unpaired) electrons. The van der Waals surface area contributed by atoms with Crippen LogP contribution in [0.5, 0.6) is 0 Å². The minimum Gasteiger partial charge on any atom is -0.392 e. The minimum absolute atomic E-state index is 0.000528. The van der Waals surface area contributed by atoms with E-state index < -0.39 is 6.29 Å². The third kappa shape index (κ3) is 6.83. The lowest BCUT2D eigenvalue weighted by atomic mass is 10.0. The molecule has 1 saturated heterocycles. The van der Waals surface area contributed by atoms with Crippen LogP contribution in [0.4, 0.5) is 0 Å². The first kappa shape index (κ1) is 28.4. The number of aromatic nitrogens is 4. The van der Waals surface area contributed by atoms with E-state index in [1.807, 2.05) is 79.7 Å². The number of aryl methyl sites for hydroxylation is 1. The van der Waals surface area contributed by atoms with Crippen LogP contribution in [-0.2, 0) is 22.6 Å². The highest BCUT2D eigenvalue weighted by molar-refractivity contribution is 8.01. The highest BCUT2D eigenvalue weighted by atomic mass is 32.2. The Kier molecular flexibility index (Phi) is 8.82. The number of nitrogens with zero attached hydrogens (tertiary/aromatic N) is 4.